The lowest BCUT2D eigenvalue weighted by Crippen LogP contribution is -2.44. The standard InChI is InChI=1S/C18H22ClN3O5/c1-26-13-9-11(19)12(10-14(13)27-2)20-15(23)5-8-22-16(24)18(21-17(22)25)6-3-4-7-18/h9-10H,3-8H2,1-2H3,(H,20,23)(H,21,25). The first-order chi connectivity index (χ1) is 12.9. The van der Waals surface area contributed by atoms with E-state index in [1.807, 2.05) is 0 Å². The molecule has 9 heteroatoms. The number of ether oxygens (including phenoxy) is 2. The van der Waals surface area contributed by atoms with Gasteiger partial charge in [-0.1, -0.05) is 24.4 Å². The molecule has 1 aromatic carbocycles. The molecule has 0 unspecified atom stereocenters. The molecule has 1 aliphatic heterocycles. The Morgan fingerprint density at radius 2 is 1.85 bits per heavy atom. The van der Waals surface area contributed by atoms with E-state index in [1.165, 1.54) is 20.3 Å². The molecule has 146 valence electrons. The van der Waals surface area contributed by atoms with Gasteiger partial charge in [0.15, 0.2) is 11.5 Å². The molecule has 2 fully saturated rings. The highest BCUT2D eigenvalue weighted by molar-refractivity contribution is 6.34. The van der Waals surface area contributed by atoms with Crippen molar-refractivity contribution in [3.8, 4) is 11.5 Å². The minimum absolute atomic E-state index is 0.0170. The molecule has 2 aliphatic rings. The number of rotatable bonds is 6. The number of urea groups is 1. The summed E-state index contributed by atoms with van der Waals surface area (Å²) in [6, 6.07) is 2.66. The van der Waals surface area contributed by atoms with Crippen LogP contribution in [-0.2, 0) is 9.59 Å². The second-order valence-electron chi connectivity index (χ2n) is 6.66. The van der Waals surface area contributed by atoms with Gasteiger partial charge in [-0.25, -0.2) is 4.79 Å². The first-order valence-corrected chi connectivity index (χ1v) is 9.13. The summed E-state index contributed by atoms with van der Waals surface area (Å²) in [7, 11) is 2.97. The van der Waals surface area contributed by atoms with Gasteiger partial charge < -0.3 is 20.1 Å². The normalized spacial score (nSPS) is 18.0. The second-order valence-corrected chi connectivity index (χ2v) is 7.07. The van der Waals surface area contributed by atoms with Crippen LogP contribution in [0.1, 0.15) is 32.1 Å². The van der Waals surface area contributed by atoms with E-state index < -0.39 is 11.6 Å². The van der Waals surface area contributed by atoms with E-state index in [1.54, 1.807) is 6.07 Å². The van der Waals surface area contributed by atoms with Crippen LogP contribution >= 0.6 is 11.6 Å². The third-order valence-electron chi connectivity index (χ3n) is 5.01. The van der Waals surface area contributed by atoms with Crippen LogP contribution in [-0.4, -0.2) is 49.0 Å². The van der Waals surface area contributed by atoms with Crippen LogP contribution in [0.3, 0.4) is 0 Å². The Balaban J connectivity index is 1.62. The summed E-state index contributed by atoms with van der Waals surface area (Å²) in [5, 5.41) is 5.76. The van der Waals surface area contributed by atoms with E-state index in [0.717, 1.165) is 17.7 Å². The highest BCUT2D eigenvalue weighted by Crippen LogP contribution is 2.37. The fraction of sp³-hybridized carbons (Fsp3) is 0.500. The topological polar surface area (TPSA) is 97.0 Å². The van der Waals surface area contributed by atoms with Gasteiger partial charge in [-0.3, -0.25) is 14.5 Å². The Hall–Kier alpha value is -2.48. The fourth-order valence-corrected chi connectivity index (χ4v) is 3.77. The molecule has 1 aromatic rings. The number of hydrogen-bond donors (Lipinski definition) is 2. The number of anilines is 1. The van der Waals surface area contributed by atoms with E-state index in [0.29, 0.717) is 35.1 Å². The fourth-order valence-electron chi connectivity index (χ4n) is 3.57. The van der Waals surface area contributed by atoms with Gasteiger partial charge in [0.25, 0.3) is 5.91 Å². The lowest BCUT2D eigenvalue weighted by atomic mass is 9.98. The molecule has 1 saturated heterocycles. The van der Waals surface area contributed by atoms with Crippen molar-refractivity contribution in [2.45, 2.75) is 37.6 Å². The van der Waals surface area contributed by atoms with Gasteiger partial charge in [0, 0.05) is 25.1 Å². The number of nitrogens with zero attached hydrogens (tertiary/aromatic N) is 1. The third-order valence-corrected chi connectivity index (χ3v) is 5.33. The summed E-state index contributed by atoms with van der Waals surface area (Å²) in [6.45, 7) is 0.0170. The zero-order valence-electron chi connectivity index (χ0n) is 15.3. The minimum atomic E-state index is -0.764. The summed E-state index contributed by atoms with van der Waals surface area (Å²) in [4.78, 5) is 38.1. The summed E-state index contributed by atoms with van der Waals surface area (Å²) in [5.41, 5.74) is -0.399. The van der Waals surface area contributed by atoms with Crippen LogP contribution in [0.4, 0.5) is 10.5 Å². The molecule has 1 spiro atoms. The van der Waals surface area contributed by atoms with Crippen LogP contribution in [0.25, 0.3) is 0 Å². The van der Waals surface area contributed by atoms with Crippen molar-refractivity contribution < 1.29 is 23.9 Å². The Morgan fingerprint density at radius 1 is 1.22 bits per heavy atom. The first kappa shape index (κ1) is 19.3. The second kappa shape index (κ2) is 7.64. The number of carbonyl (C=O) groups excluding carboxylic acids is 3. The molecule has 27 heavy (non-hydrogen) atoms. The van der Waals surface area contributed by atoms with Crippen LogP contribution in [0.2, 0.25) is 5.02 Å². The van der Waals surface area contributed by atoms with E-state index in [4.69, 9.17) is 21.1 Å². The molecule has 1 heterocycles. The molecular weight excluding hydrogens is 374 g/mol. The zero-order valence-corrected chi connectivity index (χ0v) is 16.0. The predicted octanol–water partition coefficient (Wildman–Crippen LogP) is 2.55. The maximum Gasteiger partial charge on any atom is 0.325 e. The van der Waals surface area contributed by atoms with E-state index >= 15 is 0 Å². The Bertz CT molecular complexity index is 777. The highest BCUT2D eigenvalue weighted by Gasteiger charge is 2.52. The number of halogens is 1. The molecule has 1 aliphatic carbocycles. The van der Waals surface area contributed by atoms with Crippen molar-refractivity contribution in [2.75, 3.05) is 26.1 Å². The summed E-state index contributed by atoms with van der Waals surface area (Å²) < 4.78 is 10.3. The molecule has 4 amide bonds. The number of imide groups is 1. The number of hydrogen-bond acceptors (Lipinski definition) is 5. The van der Waals surface area contributed by atoms with E-state index in [2.05, 4.69) is 10.6 Å². The lowest BCUT2D eigenvalue weighted by molar-refractivity contribution is -0.131. The number of nitrogens with one attached hydrogen (secondary N) is 2. The summed E-state index contributed by atoms with van der Waals surface area (Å²) in [5.74, 6) is 0.273. The van der Waals surface area contributed by atoms with Gasteiger partial charge in [-0.05, 0) is 12.8 Å². The zero-order chi connectivity index (χ0) is 19.6. The van der Waals surface area contributed by atoms with Gasteiger partial charge in [-0.15, -0.1) is 0 Å². The molecule has 2 N–H and O–H groups in total. The predicted molar refractivity (Wildman–Crippen MR) is 99.2 cm³/mol. The molecule has 8 nitrogen and oxygen atoms in total. The minimum Gasteiger partial charge on any atom is -0.493 e. The van der Waals surface area contributed by atoms with Crippen LogP contribution in [0.5, 0.6) is 11.5 Å². The molecule has 0 radical (unpaired) electrons. The van der Waals surface area contributed by atoms with Crippen LogP contribution in [0.15, 0.2) is 12.1 Å². The molecule has 3 rings (SSSR count). The van der Waals surface area contributed by atoms with Gasteiger partial charge >= 0.3 is 6.03 Å². The van der Waals surface area contributed by atoms with E-state index in [-0.39, 0.29) is 24.8 Å². The number of amides is 4. The number of carbonyl (C=O) groups is 3. The van der Waals surface area contributed by atoms with Gasteiger partial charge in [0.2, 0.25) is 5.91 Å². The Labute approximate surface area is 162 Å². The van der Waals surface area contributed by atoms with Crippen molar-refractivity contribution in [2.24, 2.45) is 0 Å². The van der Waals surface area contributed by atoms with Crippen molar-refractivity contribution in [3.05, 3.63) is 17.2 Å². The smallest absolute Gasteiger partial charge is 0.325 e. The van der Waals surface area contributed by atoms with Gasteiger partial charge in [-0.2, -0.15) is 0 Å². The summed E-state index contributed by atoms with van der Waals surface area (Å²) >= 11 is 6.16. The monoisotopic (exact) mass is 395 g/mol. The Morgan fingerprint density at radius 3 is 2.48 bits per heavy atom. The molecule has 0 bridgehead atoms. The molecule has 0 atom stereocenters. The first-order valence-electron chi connectivity index (χ1n) is 8.75. The van der Waals surface area contributed by atoms with Crippen LogP contribution < -0.4 is 20.1 Å². The lowest BCUT2D eigenvalue weighted by Gasteiger charge is -2.20. The van der Waals surface area contributed by atoms with E-state index in [9.17, 15) is 14.4 Å². The summed E-state index contributed by atoms with van der Waals surface area (Å²) in [6.07, 6.45) is 3.11. The Kier molecular flexibility index (Phi) is 5.46. The quantitative estimate of drug-likeness (QED) is 0.721. The van der Waals surface area contributed by atoms with Gasteiger partial charge in [0.1, 0.15) is 5.54 Å². The van der Waals surface area contributed by atoms with Crippen molar-refractivity contribution in [3.63, 3.8) is 0 Å². The van der Waals surface area contributed by atoms with Gasteiger partial charge in [0.05, 0.1) is 24.9 Å². The average Bonchev–Trinajstić information content (AvgIpc) is 3.20. The average molecular weight is 396 g/mol. The SMILES string of the molecule is COc1cc(Cl)c(NC(=O)CCN2C(=O)NC3(CCCC3)C2=O)cc1OC. The number of methoxy groups -OCH3 is 2. The van der Waals surface area contributed by atoms with Crippen molar-refractivity contribution >= 4 is 35.1 Å². The maximum atomic E-state index is 12.6. The van der Waals surface area contributed by atoms with Crippen LogP contribution in [0, 0.1) is 0 Å². The number of benzene rings is 1. The molecular formula is C18H22ClN3O5. The van der Waals surface area contributed by atoms with Crippen molar-refractivity contribution in [1.82, 2.24) is 10.2 Å². The molecule has 0 aromatic heterocycles. The third kappa shape index (κ3) is 3.66. The largest absolute Gasteiger partial charge is 0.493 e. The maximum absolute atomic E-state index is 12.6. The van der Waals surface area contributed by atoms with Crippen molar-refractivity contribution in [1.29, 1.82) is 0 Å². The highest BCUT2D eigenvalue weighted by atomic mass is 35.5. The molecule has 1 saturated carbocycles.